The minimum Gasteiger partial charge on any atom is -0.426 e. The highest BCUT2D eigenvalue weighted by Gasteiger charge is 2.06. The summed E-state index contributed by atoms with van der Waals surface area (Å²) < 4.78 is 5.46. The maximum Gasteiger partial charge on any atom is 0.298 e. The SMILES string of the molecule is CNc1cc(Br)c(Cl)cc1OC=O. The van der Waals surface area contributed by atoms with Gasteiger partial charge in [0.25, 0.3) is 6.47 Å². The van der Waals surface area contributed by atoms with Crippen LogP contribution < -0.4 is 10.1 Å². The molecule has 0 aliphatic heterocycles. The third-order valence-electron chi connectivity index (χ3n) is 1.47. The molecular formula is C8H7BrClNO2. The lowest BCUT2D eigenvalue weighted by molar-refractivity contribution is -0.120. The van der Waals surface area contributed by atoms with Crippen molar-refractivity contribution in [3.05, 3.63) is 21.6 Å². The second kappa shape index (κ2) is 4.48. The molecule has 5 heteroatoms. The Balaban J connectivity index is 3.15. The van der Waals surface area contributed by atoms with Gasteiger partial charge >= 0.3 is 0 Å². The summed E-state index contributed by atoms with van der Waals surface area (Å²) in [5, 5.41) is 3.37. The average molecular weight is 265 g/mol. The van der Waals surface area contributed by atoms with E-state index < -0.39 is 0 Å². The molecule has 70 valence electrons. The van der Waals surface area contributed by atoms with Crippen LogP contribution in [0.3, 0.4) is 0 Å². The number of anilines is 1. The summed E-state index contributed by atoms with van der Waals surface area (Å²) in [7, 11) is 1.73. The fourth-order valence-electron chi connectivity index (χ4n) is 0.873. The van der Waals surface area contributed by atoms with Gasteiger partial charge in [0, 0.05) is 17.6 Å². The van der Waals surface area contributed by atoms with Crippen LogP contribution in [0.1, 0.15) is 0 Å². The number of halogens is 2. The standard InChI is InChI=1S/C8H7BrClNO2/c1-11-7-2-5(9)6(10)3-8(7)13-4-12/h2-4,11H,1H3. The third kappa shape index (κ3) is 2.35. The summed E-state index contributed by atoms with van der Waals surface area (Å²) in [5.41, 5.74) is 0.698. The molecule has 0 aliphatic carbocycles. The number of carbonyl (C=O) groups is 1. The zero-order valence-corrected chi connectivity index (χ0v) is 9.15. The van der Waals surface area contributed by atoms with Crippen LogP contribution in [0.15, 0.2) is 16.6 Å². The monoisotopic (exact) mass is 263 g/mol. The molecule has 0 radical (unpaired) electrons. The zero-order chi connectivity index (χ0) is 9.84. The lowest BCUT2D eigenvalue weighted by Crippen LogP contribution is -1.96. The summed E-state index contributed by atoms with van der Waals surface area (Å²) in [6, 6.07) is 3.30. The van der Waals surface area contributed by atoms with Crippen molar-refractivity contribution in [1.82, 2.24) is 0 Å². The van der Waals surface area contributed by atoms with Crippen LogP contribution in [0.25, 0.3) is 0 Å². The Labute approximate surface area is 89.2 Å². The Morgan fingerprint density at radius 1 is 1.62 bits per heavy atom. The van der Waals surface area contributed by atoms with Gasteiger partial charge in [0.15, 0.2) is 5.75 Å². The van der Waals surface area contributed by atoms with Gasteiger partial charge in [-0.25, -0.2) is 0 Å². The van der Waals surface area contributed by atoms with Crippen molar-refractivity contribution in [2.24, 2.45) is 0 Å². The first-order chi connectivity index (χ1) is 6.19. The van der Waals surface area contributed by atoms with Crippen molar-refractivity contribution >= 4 is 39.7 Å². The molecule has 0 aliphatic rings. The first-order valence-electron chi connectivity index (χ1n) is 3.46. The van der Waals surface area contributed by atoms with Crippen molar-refractivity contribution in [1.29, 1.82) is 0 Å². The summed E-state index contributed by atoms with van der Waals surface area (Å²) in [4.78, 5) is 10.1. The molecule has 0 heterocycles. The van der Waals surface area contributed by atoms with E-state index in [2.05, 4.69) is 21.2 Å². The fraction of sp³-hybridized carbons (Fsp3) is 0.125. The van der Waals surface area contributed by atoms with E-state index in [0.29, 0.717) is 22.9 Å². The number of hydrogen-bond acceptors (Lipinski definition) is 3. The number of hydrogen-bond donors (Lipinski definition) is 1. The first kappa shape index (κ1) is 10.3. The van der Waals surface area contributed by atoms with Crippen molar-refractivity contribution in [3.63, 3.8) is 0 Å². The van der Waals surface area contributed by atoms with Crippen LogP contribution in [0.2, 0.25) is 5.02 Å². The van der Waals surface area contributed by atoms with Crippen molar-refractivity contribution < 1.29 is 9.53 Å². The molecule has 0 aromatic heterocycles. The number of benzene rings is 1. The van der Waals surface area contributed by atoms with Crippen molar-refractivity contribution in [2.75, 3.05) is 12.4 Å². The minimum atomic E-state index is 0.362. The van der Waals surface area contributed by atoms with Gasteiger partial charge in [-0.05, 0) is 22.0 Å². The Bertz CT molecular complexity index is 330. The van der Waals surface area contributed by atoms with E-state index in [1.165, 1.54) is 0 Å². The molecular weight excluding hydrogens is 257 g/mol. The fourth-order valence-corrected chi connectivity index (χ4v) is 1.37. The van der Waals surface area contributed by atoms with Crippen LogP contribution in [0, 0.1) is 0 Å². The highest BCUT2D eigenvalue weighted by Crippen LogP contribution is 2.33. The molecule has 1 aromatic rings. The van der Waals surface area contributed by atoms with Crippen LogP contribution in [-0.4, -0.2) is 13.5 Å². The minimum absolute atomic E-state index is 0.362. The van der Waals surface area contributed by atoms with Crippen molar-refractivity contribution in [3.8, 4) is 5.75 Å². The summed E-state index contributed by atoms with van der Waals surface area (Å²) >= 11 is 9.06. The number of carbonyl (C=O) groups excluding carboxylic acids is 1. The maximum absolute atomic E-state index is 10.1. The predicted molar refractivity (Wildman–Crippen MR) is 55.4 cm³/mol. The van der Waals surface area contributed by atoms with Crippen LogP contribution in [-0.2, 0) is 4.79 Å². The zero-order valence-electron chi connectivity index (χ0n) is 6.80. The molecule has 0 saturated heterocycles. The molecule has 1 rings (SSSR count). The smallest absolute Gasteiger partial charge is 0.298 e. The molecule has 1 N–H and O–H groups in total. The van der Waals surface area contributed by atoms with E-state index in [0.717, 1.165) is 4.47 Å². The number of ether oxygens (including phenoxy) is 1. The second-order valence-electron chi connectivity index (χ2n) is 2.23. The molecule has 3 nitrogen and oxygen atoms in total. The Kier molecular flexibility index (Phi) is 3.57. The van der Waals surface area contributed by atoms with Gasteiger partial charge in [0.2, 0.25) is 0 Å². The number of rotatable bonds is 3. The van der Waals surface area contributed by atoms with Crippen LogP contribution >= 0.6 is 27.5 Å². The van der Waals surface area contributed by atoms with Gasteiger partial charge in [-0.1, -0.05) is 11.6 Å². The summed E-state index contributed by atoms with van der Waals surface area (Å²) in [6.07, 6.45) is 0. The van der Waals surface area contributed by atoms with E-state index in [1.807, 2.05) is 0 Å². The van der Waals surface area contributed by atoms with E-state index in [-0.39, 0.29) is 0 Å². The van der Waals surface area contributed by atoms with Gasteiger partial charge in [-0.2, -0.15) is 0 Å². The molecule has 0 unspecified atom stereocenters. The Morgan fingerprint density at radius 3 is 2.85 bits per heavy atom. The molecule has 0 bridgehead atoms. The van der Waals surface area contributed by atoms with Gasteiger partial charge in [-0.3, -0.25) is 4.79 Å². The molecule has 0 amide bonds. The molecule has 1 aromatic carbocycles. The normalized spacial score (nSPS) is 9.46. The molecule has 0 spiro atoms. The maximum atomic E-state index is 10.1. The quantitative estimate of drug-likeness (QED) is 0.853. The van der Waals surface area contributed by atoms with Gasteiger partial charge < -0.3 is 10.1 Å². The molecule has 0 atom stereocenters. The Morgan fingerprint density at radius 2 is 2.31 bits per heavy atom. The average Bonchev–Trinajstić information content (AvgIpc) is 2.11. The predicted octanol–water partition coefficient (Wildman–Crippen LogP) is 2.68. The van der Waals surface area contributed by atoms with E-state index >= 15 is 0 Å². The van der Waals surface area contributed by atoms with E-state index in [9.17, 15) is 4.79 Å². The highest BCUT2D eigenvalue weighted by atomic mass is 79.9. The van der Waals surface area contributed by atoms with Gasteiger partial charge in [0.1, 0.15) is 0 Å². The molecule has 13 heavy (non-hydrogen) atoms. The van der Waals surface area contributed by atoms with E-state index in [1.54, 1.807) is 19.2 Å². The first-order valence-corrected chi connectivity index (χ1v) is 4.63. The second-order valence-corrected chi connectivity index (χ2v) is 3.49. The summed E-state index contributed by atoms with van der Waals surface area (Å²) in [5.74, 6) is 0.408. The Hall–Kier alpha value is -0.740. The lowest BCUT2D eigenvalue weighted by atomic mass is 10.3. The molecule has 0 fully saturated rings. The highest BCUT2D eigenvalue weighted by molar-refractivity contribution is 9.10. The van der Waals surface area contributed by atoms with Crippen LogP contribution in [0.4, 0.5) is 5.69 Å². The molecule has 0 saturated carbocycles. The lowest BCUT2D eigenvalue weighted by Gasteiger charge is -2.07. The largest absolute Gasteiger partial charge is 0.426 e. The van der Waals surface area contributed by atoms with Gasteiger partial charge in [-0.15, -0.1) is 0 Å². The topological polar surface area (TPSA) is 38.3 Å². The van der Waals surface area contributed by atoms with Crippen molar-refractivity contribution in [2.45, 2.75) is 0 Å². The van der Waals surface area contributed by atoms with Gasteiger partial charge in [0.05, 0.1) is 10.7 Å². The number of nitrogens with one attached hydrogen (secondary N) is 1. The summed E-state index contributed by atoms with van der Waals surface area (Å²) in [6.45, 7) is 0.362. The van der Waals surface area contributed by atoms with Crippen LogP contribution in [0.5, 0.6) is 5.75 Å². The van der Waals surface area contributed by atoms with E-state index in [4.69, 9.17) is 16.3 Å². The third-order valence-corrected chi connectivity index (χ3v) is 2.66.